The van der Waals surface area contributed by atoms with Crippen LogP contribution in [0.3, 0.4) is 0 Å². The molecule has 0 spiro atoms. The first-order valence-electron chi connectivity index (χ1n) is 8.27. The Bertz CT molecular complexity index is 1000. The summed E-state index contributed by atoms with van der Waals surface area (Å²) < 4.78 is 13.4. The predicted octanol–water partition coefficient (Wildman–Crippen LogP) is 5.89. The quantitative estimate of drug-likeness (QED) is 0.208. The normalized spacial score (nSPS) is 11.1. The van der Waals surface area contributed by atoms with E-state index in [2.05, 4.69) is 4.98 Å². The highest BCUT2D eigenvalue weighted by atomic mass is 35.5. The van der Waals surface area contributed by atoms with E-state index in [0.717, 1.165) is 5.70 Å². The SMILES string of the molecule is C/C(=C(\OCOc1ccc(Cl)cc1)c1ccc(Cl)cc1Cl)n1ccnc1.O=[N+]([O-])O. The molecule has 0 amide bonds. The van der Waals surface area contributed by atoms with Crippen molar-refractivity contribution in [2.24, 2.45) is 0 Å². The van der Waals surface area contributed by atoms with Crippen molar-refractivity contribution in [1.82, 2.24) is 9.55 Å². The fraction of sp³-hybridized carbons (Fsp3) is 0.105. The lowest BCUT2D eigenvalue weighted by molar-refractivity contribution is -0.742. The van der Waals surface area contributed by atoms with Crippen LogP contribution < -0.4 is 4.74 Å². The lowest BCUT2D eigenvalue weighted by Crippen LogP contribution is -2.06. The van der Waals surface area contributed by atoms with Crippen molar-refractivity contribution in [2.75, 3.05) is 6.79 Å². The van der Waals surface area contributed by atoms with Crippen molar-refractivity contribution in [3.63, 3.8) is 0 Å². The van der Waals surface area contributed by atoms with E-state index < -0.39 is 5.09 Å². The van der Waals surface area contributed by atoms with Gasteiger partial charge in [-0.2, -0.15) is 0 Å². The number of aromatic nitrogens is 2. The van der Waals surface area contributed by atoms with Gasteiger partial charge in [-0.1, -0.05) is 34.8 Å². The Morgan fingerprint density at radius 1 is 1.17 bits per heavy atom. The molecule has 1 N–H and O–H groups in total. The topological polar surface area (TPSA) is 99.7 Å². The molecular formula is C19H16Cl3N3O5. The lowest BCUT2D eigenvalue weighted by atomic mass is 10.1. The Kier molecular flexibility index (Phi) is 8.79. The highest BCUT2D eigenvalue weighted by Gasteiger charge is 2.14. The molecule has 2 aromatic carbocycles. The number of halogens is 3. The van der Waals surface area contributed by atoms with Crippen LogP contribution >= 0.6 is 34.8 Å². The molecule has 0 saturated heterocycles. The molecule has 0 saturated carbocycles. The second-order valence-corrected chi connectivity index (χ2v) is 6.89. The zero-order chi connectivity index (χ0) is 22.1. The van der Waals surface area contributed by atoms with Gasteiger partial charge in [-0.05, 0) is 49.4 Å². The molecule has 8 nitrogen and oxygen atoms in total. The third kappa shape index (κ3) is 7.14. The van der Waals surface area contributed by atoms with Gasteiger partial charge in [-0.3, -0.25) is 0 Å². The Labute approximate surface area is 186 Å². The summed E-state index contributed by atoms with van der Waals surface area (Å²) in [5.41, 5.74) is 1.52. The van der Waals surface area contributed by atoms with E-state index in [0.29, 0.717) is 32.1 Å². The maximum Gasteiger partial charge on any atom is 0.291 e. The van der Waals surface area contributed by atoms with Gasteiger partial charge in [0.2, 0.25) is 6.79 Å². The Balaban J connectivity index is 0.000000735. The number of nitrogens with zero attached hydrogens (tertiary/aromatic N) is 3. The summed E-state index contributed by atoms with van der Waals surface area (Å²) in [5, 5.41) is 15.3. The van der Waals surface area contributed by atoms with Gasteiger partial charge in [0.25, 0.3) is 5.09 Å². The van der Waals surface area contributed by atoms with Crippen molar-refractivity contribution < 1.29 is 19.8 Å². The molecule has 0 atom stereocenters. The van der Waals surface area contributed by atoms with Crippen molar-refractivity contribution in [1.29, 1.82) is 0 Å². The Morgan fingerprint density at radius 2 is 1.80 bits per heavy atom. The first-order valence-corrected chi connectivity index (χ1v) is 9.40. The van der Waals surface area contributed by atoms with Crippen LogP contribution in [-0.4, -0.2) is 26.6 Å². The van der Waals surface area contributed by atoms with E-state index in [1.54, 1.807) is 48.9 Å². The van der Waals surface area contributed by atoms with Crippen LogP contribution in [0.25, 0.3) is 11.5 Å². The minimum Gasteiger partial charge on any atom is -0.457 e. The first-order chi connectivity index (χ1) is 14.3. The lowest BCUT2D eigenvalue weighted by Gasteiger charge is -2.17. The zero-order valence-electron chi connectivity index (χ0n) is 15.5. The van der Waals surface area contributed by atoms with Crippen LogP contribution in [0.1, 0.15) is 12.5 Å². The van der Waals surface area contributed by atoms with Crippen LogP contribution in [0.15, 0.2) is 61.2 Å². The molecular weight excluding hydrogens is 457 g/mol. The molecule has 0 bridgehead atoms. The fourth-order valence-corrected chi connectivity index (χ4v) is 2.93. The molecule has 1 aromatic heterocycles. The average molecular weight is 473 g/mol. The summed E-state index contributed by atoms with van der Waals surface area (Å²) in [5.74, 6) is 1.22. The molecule has 3 aromatic rings. The second kappa shape index (κ2) is 11.3. The van der Waals surface area contributed by atoms with E-state index in [1.807, 2.05) is 23.8 Å². The molecule has 3 rings (SSSR count). The van der Waals surface area contributed by atoms with Crippen molar-refractivity contribution in [3.05, 3.63) is 91.9 Å². The fourth-order valence-electron chi connectivity index (χ4n) is 2.31. The molecule has 1 heterocycles. The maximum atomic E-state index is 8.36. The van der Waals surface area contributed by atoms with Gasteiger partial charge in [0.15, 0.2) is 5.76 Å². The number of allylic oxidation sites excluding steroid dienone is 1. The standard InChI is InChI=1S/C19H15Cl3N2O2.HNO3/c1-13(24-9-8-23-11-24)19(17-7-4-15(21)10-18(17)22)26-12-25-16-5-2-14(20)3-6-16;2-1(3)4/h2-11H,12H2,1H3;(H,2,3,4)/b19-13+;. The number of imidazole rings is 1. The number of ether oxygens (including phenoxy) is 2. The minimum atomic E-state index is -1.50. The number of rotatable bonds is 6. The summed E-state index contributed by atoms with van der Waals surface area (Å²) in [6.07, 6.45) is 5.19. The summed E-state index contributed by atoms with van der Waals surface area (Å²) in [6, 6.07) is 12.3. The van der Waals surface area contributed by atoms with Crippen LogP contribution in [-0.2, 0) is 4.74 Å². The molecule has 0 aliphatic rings. The summed E-state index contributed by atoms with van der Waals surface area (Å²) in [7, 11) is 0. The second-order valence-electron chi connectivity index (χ2n) is 5.61. The van der Waals surface area contributed by atoms with Crippen molar-refractivity contribution in [3.8, 4) is 5.75 Å². The van der Waals surface area contributed by atoms with Gasteiger partial charge in [0.1, 0.15) is 5.75 Å². The van der Waals surface area contributed by atoms with E-state index in [-0.39, 0.29) is 6.79 Å². The molecule has 0 aliphatic carbocycles. The largest absolute Gasteiger partial charge is 0.457 e. The number of hydrogen-bond acceptors (Lipinski definition) is 5. The summed E-state index contributed by atoms with van der Waals surface area (Å²) >= 11 is 18.2. The molecule has 30 heavy (non-hydrogen) atoms. The number of hydrogen-bond donors (Lipinski definition) is 1. The van der Waals surface area contributed by atoms with Crippen LogP contribution in [0.5, 0.6) is 5.75 Å². The summed E-state index contributed by atoms with van der Waals surface area (Å²) in [6.45, 7) is 1.91. The average Bonchev–Trinajstić information content (AvgIpc) is 3.21. The molecule has 158 valence electrons. The van der Waals surface area contributed by atoms with Crippen LogP contribution in [0, 0.1) is 10.1 Å². The van der Waals surface area contributed by atoms with Gasteiger partial charge in [0.05, 0.1) is 17.0 Å². The van der Waals surface area contributed by atoms with E-state index in [1.165, 1.54) is 0 Å². The predicted molar refractivity (Wildman–Crippen MR) is 114 cm³/mol. The summed E-state index contributed by atoms with van der Waals surface area (Å²) in [4.78, 5) is 12.4. The van der Waals surface area contributed by atoms with Gasteiger partial charge in [-0.15, -0.1) is 10.1 Å². The van der Waals surface area contributed by atoms with Crippen LogP contribution in [0.4, 0.5) is 0 Å². The Morgan fingerprint density at radius 3 is 2.37 bits per heavy atom. The van der Waals surface area contributed by atoms with Gasteiger partial charge < -0.3 is 19.2 Å². The molecule has 0 aliphatic heterocycles. The third-order valence-corrected chi connectivity index (χ3v) is 4.44. The highest BCUT2D eigenvalue weighted by Crippen LogP contribution is 2.31. The van der Waals surface area contributed by atoms with E-state index >= 15 is 0 Å². The monoisotopic (exact) mass is 471 g/mol. The molecule has 0 radical (unpaired) electrons. The molecule has 0 unspecified atom stereocenters. The van der Waals surface area contributed by atoms with Crippen LogP contribution in [0.2, 0.25) is 15.1 Å². The van der Waals surface area contributed by atoms with E-state index in [4.69, 9.17) is 59.6 Å². The Hall–Kier alpha value is -2.94. The van der Waals surface area contributed by atoms with Gasteiger partial charge in [0, 0.05) is 28.0 Å². The zero-order valence-corrected chi connectivity index (χ0v) is 17.8. The van der Waals surface area contributed by atoms with E-state index in [9.17, 15) is 0 Å². The first kappa shape index (κ1) is 23.3. The highest BCUT2D eigenvalue weighted by molar-refractivity contribution is 6.35. The molecule has 11 heteroatoms. The van der Waals surface area contributed by atoms with Crippen molar-refractivity contribution >= 4 is 46.3 Å². The van der Waals surface area contributed by atoms with Gasteiger partial charge >= 0.3 is 0 Å². The third-order valence-electron chi connectivity index (χ3n) is 3.64. The minimum absolute atomic E-state index is 0.00194. The smallest absolute Gasteiger partial charge is 0.291 e. The maximum absolute atomic E-state index is 8.36. The van der Waals surface area contributed by atoms with Crippen molar-refractivity contribution in [2.45, 2.75) is 6.92 Å². The molecule has 0 fully saturated rings. The van der Waals surface area contributed by atoms with Gasteiger partial charge in [-0.25, -0.2) is 4.98 Å². The number of benzene rings is 2.